The summed E-state index contributed by atoms with van der Waals surface area (Å²) in [5.74, 6) is 1.00. The maximum absolute atomic E-state index is 13.3. The molecule has 2 fully saturated rings. The van der Waals surface area contributed by atoms with Crippen molar-refractivity contribution in [3.8, 4) is 5.75 Å². The second-order valence-electron chi connectivity index (χ2n) is 8.17. The lowest BCUT2D eigenvalue weighted by molar-refractivity contribution is -0.121. The first-order valence-corrected chi connectivity index (χ1v) is 10.4. The van der Waals surface area contributed by atoms with Gasteiger partial charge in [0.05, 0.1) is 12.5 Å². The monoisotopic (exact) mass is 392 g/mol. The lowest BCUT2D eigenvalue weighted by Crippen LogP contribution is -2.38. The maximum atomic E-state index is 13.3. The van der Waals surface area contributed by atoms with E-state index in [9.17, 15) is 9.59 Å². The van der Waals surface area contributed by atoms with Crippen LogP contribution in [0.3, 0.4) is 0 Å². The smallest absolute Gasteiger partial charge is 0.235 e. The van der Waals surface area contributed by atoms with E-state index < -0.39 is 5.41 Å². The number of nitrogens with one attached hydrogen (secondary N) is 1. The molecule has 2 aliphatic rings. The molecule has 5 nitrogen and oxygen atoms in total. The van der Waals surface area contributed by atoms with Crippen LogP contribution in [0.5, 0.6) is 5.75 Å². The summed E-state index contributed by atoms with van der Waals surface area (Å²) in [6.07, 6.45) is 5.29. The summed E-state index contributed by atoms with van der Waals surface area (Å²) in [6.45, 7) is 2.07. The Morgan fingerprint density at radius 3 is 2.28 bits per heavy atom. The maximum Gasteiger partial charge on any atom is 0.235 e. The Morgan fingerprint density at radius 1 is 1.07 bits per heavy atom. The van der Waals surface area contributed by atoms with Gasteiger partial charge in [0, 0.05) is 23.8 Å². The highest BCUT2D eigenvalue weighted by atomic mass is 16.5. The zero-order chi connectivity index (χ0) is 20.4. The zero-order valence-electron chi connectivity index (χ0n) is 17.1. The highest BCUT2D eigenvalue weighted by Crippen LogP contribution is 2.42. The van der Waals surface area contributed by atoms with E-state index in [1.165, 1.54) is 0 Å². The number of hydrogen-bond acceptors (Lipinski definition) is 3. The van der Waals surface area contributed by atoms with Crippen molar-refractivity contribution in [3.05, 3.63) is 54.1 Å². The lowest BCUT2D eigenvalue weighted by atomic mass is 9.78. The third kappa shape index (κ3) is 3.61. The minimum atomic E-state index is -0.496. The quantitative estimate of drug-likeness (QED) is 0.805. The molecule has 0 spiro atoms. The molecular weight excluding hydrogens is 364 g/mol. The first kappa shape index (κ1) is 19.5. The zero-order valence-corrected chi connectivity index (χ0v) is 17.1. The largest absolute Gasteiger partial charge is 0.497 e. The summed E-state index contributed by atoms with van der Waals surface area (Å²) < 4.78 is 5.26. The van der Waals surface area contributed by atoms with Crippen LogP contribution in [-0.4, -0.2) is 25.0 Å². The molecule has 1 N–H and O–H groups in total. The van der Waals surface area contributed by atoms with Crippen molar-refractivity contribution in [3.63, 3.8) is 0 Å². The molecule has 4 rings (SSSR count). The Kier molecular flexibility index (Phi) is 5.31. The van der Waals surface area contributed by atoms with Crippen LogP contribution in [0, 0.1) is 0 Å². The van der Waals surface area contributed by atoms with Crippen molar-refractivity contribution in [1.82, 2.24) is 0 Å². The van der Waals surface area contributed by atoms with Crippen LogP contribution in [0.1, 0.15) is 51.0 Å². The molecule has 1 aliphatic heterocycles. The number of nitrogens with zero attached hydrogens (tertiary/aromatic N) is 1. The predicted octanol–water partition coefficient (Wildman–Crippen LogP) is 4.66. The molecule has 1 aliphatic carbocycles. The number of benzene rings is 2. The standard InChI is InChI=1S/C24H28N2O3/c1-17-5-14-22(27)26(17)20-10-8-19(9-11-20)25-23(28)24(15-3-4-16-24)18-6-12-21(29-2)13-7-18/h6-13,17H,3-5,14-16H2,1-2H3,(H,25,28). The molecule has 1 atom stereocenters. The average molecular weight is 392 g/mol. The fraction of sp³-hybridized carbons (Fsp3) is 0.417. The number of amides is 2. The van der Waals surface area contributed by atoms with Crippen LogP contribution < -0.4 is 15.0 Å². The van der Waals surface area contributed by atoms with Gasteiger partial charge in [-0.1, -0.05) is 25.0 Å². The summed E-state index contributed by atoms with van der Waals surface area (Å²) in [6, 6.07) is 15.7. The van der Waals surface area contributed by atoms with Crippen LogP contribution in [0.2, 0.25) is 0 Å². The van der Waals surface area contributed by atoms with Crippen molar-refractivity contribution in [1.29, 1.82) is 0 Å². The number of carbonyl (C=O) groups excluding carboxylic acids is 2. The van der Waals surface area contributed by atoms with Gasteiger partial charge in [-0.25, -0.2) is 0 Å². The minimum Gasteiger partial charge on any atom is -0.497 e. The topological polar surface area (TPSA) is 58.6 Å². The number of methoxy groups -OCH3 is 1. The van der Waals surface area contributed by atoms with E-state index in [-0.39, 0.29) is 17.9 Å². The van der Waals surface area contributed by atoms with E-state index >= 15 is 0 Å². The Morgan fingerprint density at radius 2 is 1.72 bits per heavy atom. The van der Waals surface area contributed by atoms with Gasteiger partial charge in [0.1, 0.15) is 5.75 Å². The summed E-state index contributed by atoms with van der Waals surface area (Å²) >= 11 is 0. The van der Waals surface area contributed by atoms with E-state index in [2.05, 4.69) is 12.2 Å². The third-order valence-electron chi connectivity index (χ3n) is 6.42. The fourth-order valence-corrected chi connectivity index (χ4v) is 4.72. The van der Waals surface area contributed by atoms with Crippen molar-refractivity contribution in [2.24, 2.45) is 0 Å². The highest BCUT2D eigenvalue weighted by Gasteiger charge is 2.42. The molecule has 2 aromatic rings. The predicted molar refractivity (Wildman–Crippen MR) is 114 cm³/mol. The Labute approximate surface area is 172 Å². The lowest BCUT2D eigenvalue weighted by Gasteiger charge is -2.28. The molecular formula is C24H28N2O3. The van der Waals surface area contributed by atoms with Gasteiger partial charge in [-0.15, -0.1) is 0 Å². The SMILES string of the molecule is COc1ccc(C2(C(=O)Nc3ccc(N4C(=O)CCC4C)cc3)CCCC2)cc1. The van der Waals surface area contributed by atoms with Crippen molar-refractivity contribution in [2.45, 2.75) is 56.9 Å². The fourth-order valence-electron chi connectivity index (χ4n) is 4.72. The molecule has 0 bridgehead atoms. The molecule has 1 unspecified atom stereocenters. The molecule has 1 saturated heterocycles. The highest BCUT2D eigenvalue weighted by molar-refractivity contribution is 6.00. The van der Waals surface area contributed by atoms with Gasteiger partial charge in [0.25, 0.3) is 0 Å². The normalized spacial score (nSPS) is 20.7. The molecule has 2 amide bonds. The summed E-state index contributed by atoms with van der Waals surface area (Å²) in [7, 11) is 1.65. The van der Waals surface area contributed by atoms with Gasteiger partial charge < -0.3 is 15.0 Å². The molecule has 0 radical (unpaired) electrons. The van der Waals surface area contributed by atoms with Gasteiger partial charge in [-0.3, -0.25) is 9.59 Å². The minimum absolute atomic E-state index is 0.0403. The average Bonchev–Trinajstić information content (AvgIpc) is 3.37. The molecule has 29 heavy (non-hydrogen) atoms. The molecule has 5 heteroatoms. The van der Waals surface area contributed by atoms with E-state index in [4.69, 9.17) is 4.74 Å². The molecule has 2 aromatic carbocycles. The number of ether oxygens (including phenoxy) is 1. The Bertz CT molecular complexity index is 883. The third-order valence-corrected chi connectivity index (χ3v) is 6.42. The van der Waals surface area contributed by atoms with Crippen LogP contribution in [0.15, 0.2) is 48.5 Å². The Balaban J connectivity index is 1.53. The first-order valence-electron chi connectivity index (χ1n) is 10.4. The summed E-state index contributed by atoms with van der Waals surface area (Å²) in [5.41, 5.74) is 2.20. The molecule has 0 aromatic heterocycles. The number of anilines is 2. The van der Waals surface area contributed by atoms with E-state index in [1.807, 2.05) is 53.4 Å². The van der Waals surface area contributed by atoms with Crippen LogP contribution >= 0.6 is 0 Å². The van der Waals surface area contributed by atoms with Crippen molar-refractivity contribution >= 4 is 23.2 Å². The number of carbonyl (C=O) groups is 2. The molecule has 1 saturated carbocycles. The van der Waals surface area contributed by atoms with Crippen LogP contribution in [-0.2, 0) is 15.0 Å². The van der Waals surface area contributed by atoms with Gasteiger partial charge in [-0.05, 0) is 68.1 Å². The van der Waals surface area contributed by atoms with Crippen molar-refractivity contribution in [2.75, 3.05) is 17.3 Å². The summed E-state index contributed by atoms with van der Waals surface area (Å²) in [4.78, 5) is 27.3. The summed E-state index contributed by atoms with van der Waals surface area (Å²) in [5, 5.41) is 3.12. The van der Waals surface area contributed by atoms with Crippen LogP contribution in [0.4, 0.5) is 11.4 Å². The second kappa shape index (κ2) is 7.90. The number of rotatable bonds is 5. The van der Waals surface area contributed by atoms with Crippen LogP contribution in [0.25, 0.3) is 0 Å². The van der Waals surface area contributed by atoms with Gasteiger partial charge >= 0.3 is 0 Å². The van der Waals surface area contributed by atoms with Gasteiger partial charge in [0.15, 0.2) is 0 Å². The van der Waals surface area contributed by atoms with Gasteiger partial charge in [-0.2, -0.15) is 0 Å². The van der Waals surface area contributed by atoms with E-state index in [0.29, 0.717) is 6.42 Å². The Hall–Kier alpha value is -2.82. The number of hydrogen-bond donors (Lipinski definition) is 1. The van der Waals surface area contributed by atoms with Gasteiger partial charge in [0.2, 0.25) is 11.8 Å². The molecule has 152 valence electrons. The first-order chi connectivity index (χ1) is 14.0. The second-order valence-corrected chi connectivity index (χ2v) is 8.17. The van der Waals surface area contributed by atoms with E-state index in [1.54, 1.807) is 7.11 Å². The molecule has 1 heterocycles. The van der Waals surface area contributed by atoms with Crippen molar-refractivity contribution < 1.29 is 14.3 Å². The van der Waals surface area contributed by atoms with E-state index in [0.717, 1.165) is 54.8 Å².